The molecule has 0 saturated carbocycles. The molecular weight excluding hydrogens is 511 g/mol. The van der Waals surface area contributed by atoms with Crippen LogP contribution in [0.5, 0.6) is 0 Å². The van der Waals surface area contributed by atoms with Crippen LogP contribution in [-0.4, -0.2) is 99.7 Å². The quantitative estimate of drug-likeness (QED) is 0.121. The van der Waals surface area contributed by atoms with E-state index in [0.29, 0.717) is 18.9 Å². The zero-order valence-corrected chi connectivity index (χ0v) is 22.2. The predicted molar refractivity (Wildman–Crippen MR) is 129 cm³/mol. The summed E-state index contributed by atoms with van der Waals surface area (Å²) in [5.74, 6) is 0.227. The van der Waals surface area contributed by atoms with Gasteiger partial charge in [0.15, 0.2) is 0 Å². The SMILES string of the molecule is COCCCC1CCNC(C(=O)NC(C(C)Cl)C2OC(SC)C(OP(=O)(O)O)C(O)C2O)CC1. The molecule has 1 amide bonds. The van der Waals surface area contributed by atoms with Crippen LogP contribution in [0.4, 0.5) is 0 Å². The Labute approximate surface area is 209 Å². The lowest BCUT2D eigenvalue weighted by Gasteiger charge is -2.45. The number of thioether (sulfide) groups is 1. The van der Waals surface area contributed by atoms with Gasteiger partial charge in [-0.2, -0.15) is 0 Å². The molecule has 2 fully saturated rings. The molecule has 9 atom stereocenters. The molecule has 0 bridgehead atoms. The van der Waals surface area contributed by atoms with Crippen LogP contribution in [0.2, 0.25) is 0 Å². The first-order valence-corrected chi connectivity index (χ1v) is 14.7. The number of phosphoric ester groups is 1. The molecule has 6 N–H and O–H groups in total. The van der Waals surface area contributed by atoms with E-state index >= 15 is 0 Å². The molecule has 0 spiro atoms. The third-order valence-corrected chi connectivity index (χ3v) is 7.95. The summed E-state index contributed by atoms with van der Waals surface area (Å²) in [6.07, 6.45) is 0.291. The molecule has 2 rings (SSSR count). The van der Waals surface area contributed by atoms with Crippen LogP contribution < -0.4 is 10.6 Å². The first-order chi connectivity index (χ1) is 16.0. The summed E-state index contributed by atoms with van der Waals surface area (Å²) < 4.78 is 26.9. The molecule has 0 aromatic carbocycles. The lowest BCUT2D eigenvalue weighted by atomic mass is 9.92. The number of aliphatic hydroxyl groups is 2. The third kappa shape index (κ3) is 8.85. The molecular formula is C20H38ClN2O9PS. The van der Waals surface area contributed by atoms with Crippen molar-refractivity contribution in [3.63, 3.8) is 0 Å². The van der Waals surface area contributed by atoms with Gasteiger partial charge in [-0.15, -0.1) is 23.4 Å². The van der Waals surface area contributed by atoms with Crippen molar-refractivity contribution in [1.29, 1.82) is 0 Å². The van der Waals surface area contributed by atoms with Gasteiger partial charge in [0.25, 0.3) is 0 Å². The number of hydrogen-bond donors (Lipinski definition) is 6. The minimum atomic E-state index is -4.95. The van der Waals surface area contributed by atoms with E-state index in [-0.39, 0.29) is 5.91 Å². The molecule has 11 nitrogen and oxygen atoms in total. The molecule has 200 valence electrons. The van der Waals surface area contributed by atoms with E-state index in [2.05, 4.69) is 15.2 Å². The van der Waals surface area contributed by atoms with Crippen LogP contribution in [0.3, 0.4) is 0 Å². The van der Waals surface area contributed by atoms with E-state index in [0.717, 1.165) is 44.1 Å². The summed E-state index contributed by atoms with van der Waals surface area (Å²) in [5.41, 5.74) is -1.00. The van der Waals surface area contributed by atoms with E-state index in [1.807, 2.05) is 0 Å². The number of alkyl halides is 1. The zero-order chi connectivity index (χ0) is 25.5. The lowest BCUT2D eigenvalue weighted by molar-refractivity contribution is -0.201. The van der Waals surface area contributed by atoms with Crippen molar-refractivity contribution in [3.8, 4) is 0 Å². The van der Waals surface area contributed by atoms with E-state index < -0.39 is 55.1 Å². The van der Waals surface area contributed by atoms with Crippen LogP contribution >= 0.6 is 31.2 Å². The Morgan fingerprint density at radius 3 is 2.59 bits per heavy atom. The highest BCUT2D eigenvalue weighted by Gasteiger charge is 2.51. The van der Waals surface area contributed by atoms with Crippen molar-refractivity contribution in [2.24, 2.45) is 5.92 Å². The van der Waals surface area contributed by atoms with Gasteiger partial charge in [-0.25, -0.2) is 4.57 Å². The summed E-state index contributed by atoms with van der Waals surface area (Å²) in [6, 6.07) is -1.30. The number of phosphoric acid groups is 1. The molecule has 0 aromatic heterocycles. The Morgan fingerprint density at radius 2 is 2.00 bits per heavy atom. The number of methoxy groups -OCH3 is 1. The van der Waals surface area contributed by atoms with Crippen LogP contribution in [-0.2, 0) is 23.4 Å². The van der Waals surface area contributed by atoms with Gasteiger partial charge in [0, 0.05) is 13.7 Å². The van der Waals surface area contributed by atoms with Gasteiger partial charge >= 0.3 is 7.82 Å². The third-order valence-electron chi connectivity index (χ3n) is 6.32. The predicted octanol–water partition coefficient (Wildman–Crippen LogP) is 0.571. The molecule has 2 aliphatic rings. The Bertz CT molecular complexity index is 686. The summed E-state index contributed by atoms with van der Waals surface area (Å²) in [7, 11) is -3.26. The molecule has 2 saturated heterocycles. The highest BCUT2D eigenvalue weighted by Crippen LogP contribution is 2.43. The van der Waals surface area contributed by atoms with Gasteiger partial charge in [0.1, 0.15) is 29.9 Å². The van der Waals surface area contributed by atoms with Crippen molar-refractivity contribution in [1.82, 2.24) is 10.6 Å². The number of aliphatic hydroxyl groups excluding tert-OH is 2. The molecule has 34 heavy (non-hydrogen) atoms. The average molecular weight is 549 g/mol. The molecule has 2 heterocycles. The fourth-order valence-electron chi connectivity index (χ4n) is 4.48. The monoisotopic (exact) mass is 548 g/mol. The van der Waals surface area contributed by atoms with Crippen molar-refractivity contribution in [3.05, 3.63) is 0 Å². The van der Waals surface area contributed by atoms with Gasteiger partial charge < -0.3 is 40.1 Å². The van der Waals surface area contributed by atoms with Crippen molar-refractivity contribution in [2.75, 3.05) is 26.5 Å². The summed E-state index contributed by atoms with van der Waals surface area (Å²) in [5, 5.41) is 26.7. The number of amides is 1. The fourth-order valence-corrected chi connectivity index (χ4v) is 6.05. The number of hydrogen-bond acceptors (Lipinski definition) is 9. The Hall–Kier alpha value is 0.0200. The highest BCUT2D eigenvalue weighted by molar-refractivity contribution is 7.99. The molecule has 0 aromatic rings. The van der Waals surface area contributed by atoms with Crippen molar-refractivity contribution in [2.45, 2.75) is 86.3 Å². The number of rotatable bonds is 11. The minimum absolute atomic E-state index is 0.283. The Morgan fingerprint density at radius 1 is 1.29 bits per heavy atom. The van der Waals surface area contributed by atoms with Crippen molar-refractivity contribution < 1.29 is 43.4 Å². The number of ether oxygens (including phenoxy) is 2. The fraction of sp³-hybridized carbons (Fsp3) is 0.950. The number of carbonyl (C=O) groups is 1. The minimum Gasteiger partial charge on any atom is -0.388 e. The molecule has 9 unspecified atom stereocenters. The van der Waals surface area contributed by atoms with Crippen molar-refractivity contribution >= 4 is 37.1 Å². The Balaban J connectivity index is 2.05. The van der Waals surface area contributed by atoms with E-state index in [1.165, 1.54) is 0 Å². The van der Waals surface area contributed by atoms with Crippen LogP contribution in [0.1, 0.15) is 39.0 Å². The summed E-state index contributed by atoms with van der Waals surface area (Å²) in [6.45, 7) is 3.05. The maximum atomic E-state index is 13.1. The number of carbonyl (C=O) groups excluding carboxylic acids is 1. The van der Waals surface area contributed by atoms with E-state index in [4.69, 9.17) is 30.9 Å². The maximum absolute atomic E-state index is 13.1. The van der Waals surface area contributed by atoms with Gasteiger partial charge in [0.05, 0.1) is 17.5 Å². The maximum Gasteiger partial charge on any atom is 0.470 e. The molecule has 0 radical (unpaired) electrons. The molecule has 14 heteroatoms. The van der Waals surface area contributed by atoms with Gasteiger partial charge in [-0.05, 0) is 57.7 Å². The second-order valence-corrected chi connectivity index (χ2v) is 11.6. The Kier molecular flexibility index (Phi) is 12.5. The first-order valence-electron chi connectivity index (χ1n) is 11.4. The normalized spacial score (nSPS) is 34.8. The smallest absolute Gasteiger partial charge is 0.388 e. The van der Waals surface area contributed by atoms with Gasteiger partial charge in [-0.3, -0.25) is 9.32 Å². The van der Waals surface area contributed by atoms with Gasteiger partial charge in [-0.1, -0.05) is 0 Å². The van der Waals surface area contributed by atoms with Gasteiger partial charge in [0.2, 0.25) is 5.91 Å². The standard InChI is InChI=1S/C20H38ClN2O9PS/c1-11(21)14(17-15(24)16(25)18(20(31-17)34-3)32-33(27,28)29)23-19(26)13-7-6-12(8-9-22-13)5-4-10-30-2/h11-18,20,22,24-25H,4-10H2,1-3H3,(H,23,26)(H2,27,28,29). The second-order valence-electron chi connectivity index (χ2n) is 8.83. The molecule has 2 aliphatic heterocycles. The van der Waals surface area contributed by atoms with E-state index in [9.17, 15) is 19.6 Å². The average Bonchev–Trinajstić information content (AvgIpc) is 3.01. The summed E-state index contributed by atoms with van der Waals surface area (Å²) in [4.78, 5) is 31.4. The largest absolute Gasteiger partial charge is 0.470 e. The number of halogens is 1. The topological polar surface area (TPSA) is 167 Å². The second kappa shape index (κ2) is 14.1. The van der Waals surface area contributed by atoms with Crippen LogP contribution in [0.25, 0.3) is 0 Å². The zero-order valence-electron chi connectivity index (χ0n) is 19.7. The van der Waals surface area contributed by atoms with Crippen LogP contribution in [0.15, 0.2) is 0 Å². The summed E-state index contributed by atoms with van der Waals surface area (Å²) >= 11 is 7.40. The lowest BCUT2D eigenvalue weighted by Crippen LogP contribution is -2.65. The van der Waals surface area contributed by atoms with Crippen LogP contribution in [0, 0.1) is 5.92 Å². The first kappa shape index (κ1) is 30.2. The highest BCUT2D eigenvalue weighted by atomic mass is 35.5. The number of nitrogens with one attached hydrogen (secondary N) is 2. The molecule has 0 aliphatic carbocycles. The van der Waals surface area contributed by atoms with E-state index in [1.54, 1.807) is 20.3 Å².